The van der Waals surface area contributed by atoms with Crippen LogP contribution in [0.5, 0.6) is 0 Å². The van der Waals surface area contributed by atoms with Crippen LogP contribution in [0.15, 0.2) is 24.3 Å². The largest absolute Gasteiger partial charge is 0.354 e. The summed E-state index contributed by atoms with van der Waals surface area (Å²) in [5.74, 6) is 0.235. The highest BCUT2D eigenvalue weighted by Crippen LogP contribution is 2.38. The zero-order valence-corrected chi connectivity index (χ0v) is 15.4. The van der Waals surface area contributed by atoms with Gasteiger partial charge in [0.15, 0.2) is 5.13 Å². The van der Waals surface area contributed by atoms with Crippen molar-refractivity contribution in [2.75, 3.05) is 31.3 Å². The van der Waals surface area contributed by atoms with Crippen LogP contribution in [0.1, 0.15) is 17.4 Å². The van der Waals surface area contributed by atoms with Gasteiger partial charge < -0.3 is 15.5 Å². The lowest BCUT2D eigenvalue weighted by Crippen LogP contribution is -2.50. The molecule has 1 aliphatic rings. The van der Waals surface area contributed by atoms with Crippen LogP contribution in [0.25, 0.3) is 10.4 Å². The second-order valence-corrected chi connectivity index (χ2v) is 8.44. The number of rotatable bonds is 3. The van der Waals surface area contributed by atoms with Crippen LogP contribution in [0, 0.1) is 5.82 Å². The molecule has 2 aromatic rings. The standard InChI is InChI=1S/C16H19FN4OS2/c1-16(18)21(7-8-23-16)14(22)12-13(24-15(19-12)20(2)3)10-5-4-6-11(17)9-10/h4-6,9H,7-8,18H2,1-3H3. The first-order valence-corrected chi connectivity index (χ1v) is 9.28. The Morgan fingerprint density at radius 1 is 1.46 bits per heavy atom. The number of benzene rings is 1. The van der Waals surface area contributed by atoms with Crippen LogP contribution < -0.4 is 10.6 Å². The summed E-state index contributed by atoms with van der Waals surface area (Å²) in [4.78, 5) is 20.9. The lowest BCUT2D eigenvalue weighted by molar-refractivity contribution is 0.0693. The summed E-state index contributed by atoms with van der Waals surface area (Å²) in [6, 6.07) is 6.22. The molecule has 128 valence electrons. The Labute approximate surface area is 148 Å². The molecule has 24 heavy (non-hydrogen) atoms. The number of halogens is 1. The molecule has 8 heteroatoms. The Hall–Kier alpha value is -1.64. The zero-order chi connectivity index (χ0) is 17.5. The average Bonchev–Trinajstić information content (AvgIpc) is 3.10. The van der Waals surface area contributed by atoms with Gasteiger partial charge in [0.05, 0.1) is 4.88 Å². The fraction of sp³-hybridized carbons (Fsp3) is 0.375. The van der Waals surface area contributed by atoms with E-state index >= 15 is 0 Å². The number of carbonyl (C=O) groups is 1. The highest BCUT2D eigenvalue weighted by molar-refractivity contribution is 8.00. The molecule has 1 amide bonds. The normalized spacial score (nSPS) is 20.5. The summed E-state index contributed by atoms with van der Waals surface area (Å²) >= 11 is 2.91. The van der Waals surface area contributed by atoms with Crippen molar-refractivity contribution >= 4 is 34.1 Å². The van der Waals surface area contributed by atoms with E-state index in [1.54, 1.807) is 17.0 Å². The molecule has 1 atom stereocenters. The molecule has 1 aromatic carbocycles. The van der Waals surface area contributed by atoms with E-state index < -0.39 is 4.99 Å². The molecular formula is C16H19FN4OS2. The maximum atomic E-state index is 13.6. The van der Waals surface area contributed by atoms with Crippen LogP contribution in [-0.4, -0.2) is 47.2 Å². The first-order chi connectivity index (χ1) is 11.3. The van der Waals surface area contributed by atoms with Crippen molar-refractivity contribution in [2.45, 2.75) is 11.9 Å². The Kier molecular flexibility index (Phi) is 4.54. The third-order valence-corrected chi connectivity index (χ3v) is 6.24. The highest BCUT2D eigenvalue weighted by atomic mass is 32.2. The summed E-state index contributed by atoms with van der Waals surface area (Å²) in [6.07, 6.45) is 0. The summed E-state index contributed by atoms with van der Waals surface area (Å²) in [6.45, 7) is 2.40. The first-order valence-electron chi connectivity index (χ1n) is 7.48. The lowest BCUT2D eigenvalue weighted by Gasteiger charge is -2.29. The molecule has 1 aliphatic heterocycles. The monoisotopic (exact) mass is 366 g/mol. The van der Waals surface area contributed by atoms with Crippen LogP contribution >= 0.6 is 23.1 Å². The second kappa shape index (κ2) is 6.34. The van der Waals surface area contributed by atoms with Gasteiger partial charge in [-0.2, -0.15) is 0 Å². The van der Waals surface area contributed by atoms with Gasteiger partial charge in [0.1, 0.15) is 16.5 Å². The molecule has 2 N–H and O–H groups in total. The van der Waals surface area contributed by atoms with Crippen molar-refractivity contribution < 1.29 is 9.18 Å². The summed E-state index contributed by atoms with van der Waals surface area (Å²) in [5.41, 5.74) is 7.19. The number of nitrogens with two attached hydrogens (primary N) is 1. The van der Waals surface area contributed by atoms with Crippen molar-refractivity contribution in [3.05, 3.63) is 35.8 Å². The molecule has 1 saturated heterocycles. The molecule has 1 unspecified atom stereocenters. The zero-order valence-electron chi connectivity index (χ0n) is 13.7. The molecule has 1 fully saturated rings. The van der Waals surface area contributed by atoms with Crippen molar-refractivity contribution in [1.82, 2.24) is 9.88 Å². The van der Waals surface area contributed by atoms with Gasteiger partial charge in [-0.25, -0.2) is 9.37 Å². The minimum atomic E-state index is -0.752. The first kappa shape index (κ1) is 17.2. The lowest BCUT2D eigenvalue weighted by atomic mass is 10.1. The third-order valence-electron chi connectivity index (χ3n) is 3.78. The third kappa shape index (κ3) is 3.13. The average molecular weight is 366 g/mol. The molecule has 0 spiro atoms. The van der Waals surface area contributed by atoms with E-state index in [1.807, 2.05) is 25.9 Å². The molecule has 0 bridgehead atoms. The Bertz CT molecular complexity index is 775. The van der Waals surface area contributed by atoms with E-state index in [2.05, 4.69) is 4.98 Å². The topological polar surface area (TPSA) is 62.5 Å². The molecule has 1 aromatic heterocycles. The summed E-state index contributed by atoms with van der Waals surface area (Å²) in [7, 11) is 3.72. The van der Waals surface area contributed by atoms with Gasteiger partial charge in [-0.05, 0) is 24.6 Å². The molecular weight excluding hydrogens is 347 g/mol. The number of aromatic nitrogens is 1. The maximum absolute atomic E-state index is 13.6. The fourth-order valence-electron chi connectivity index (χ4n) is 2.54. The van der Waals surface area contributed by atoms with Gasteiger partial charge in [0, 0.05) is 26.4 Å². The highest BCUT2D eigenvalue weighted by Gasteiger charge is 2.39. The van der Waals surface area contributed by atoms with Gasteiger partial charge in [0.2, 0.25) is 0 Å². The number of nitrogens with zero attached hydrogens (tertiary/aromatic N) is 3. The van der Waals surface area contributed by atoms with Crippen molar-refractivity contribution in [3.63, 3.8) is 0 Å². The van der Waals surface area contributed by atoms with Crippen LogP contribution in [0.4, 0.5) is 9.52 Å². The van der Waals surface area contributed by atoms with E-state index in [9.17, 15) is 9.18 Å². The van der Waals surface area contributed by atoms with Crippen LogP contribution in [0.2, 0.25) is 0 Å². The van der Waals surface area contributed by atoms with Gasteiger partial charge in [-0.15, -0.1) is 11.8 Å². The molecule has 0 saturated carbocycles. The number of carbonyl (C=O) groups excluding carboxylic acids is 1. The van der Waals surface area contributed by atoms with Crippen LogP contribution in [-0.2, 0) is 0 Å². The van der Waals surface area contributed by atoms with E-state index in [0.29, 0.717) is 27.8 Å². The van der Waals surface area contributed by atoms with E-state index in [-0.39, 0.29) is 11.7 Å². The van der Waals surface area contributed by atoms with Gasteiger partial charge in [0.25, 0.3) is 5.91 Å². The number of hydrogen-bond donors (Lipinski definition) is 1. The molecule has 2 heterocycles. The smallest absolute Gasteiger partial charge is 0.276 e. The minimum Gasteiger partial charge on any atom is -0.354 e. The van der Waals surface area contributed by atoms with Crippen molar-refractivity contribution in [3.8, 4) is 10.4 Å². The van der Waals surface area contributed by atoms with E-state index in [4.69, 9.17) is 5.73 Å². The Morgan fingerprint density at radius 2 is 2.21 bits per heavy atom. The molecule has 0 radical (unpaired) electrons. The second-order valence-electron chi connectivity index (χ2n) is 5.94. The predicted octanol–water partition coefficient (Wildman–Crippen LogP) is 2.84. The van der Waals surface area contributed by atoms with Crippen molar-refractivity contribution in [2.24, 2.45) is 5.73 Å². The van der Waals surface area contributed by atoms with E-state index in [0.717, 1.165) is 5.75 Å². The fourth-order valence-corrected chi connectivity index (χ4v) is 4.54. The molecule has 5 nitrogen and oxygen atoms in total. The quantitative estimate of drug-likeness (QED) is 0.905. The number of thioether (sulfide) groups is 1. The number of amides is 1. The van der Waals surface area contributed by atoms with Gasteiger partial charge >= 0.3 is 0 Å². The Morgan fingerprint density at radius 3 is 2.79 bits per heavy atom. The van der Waals surface area contributed by atoms with E-state index in [1.165, 1.54) is 35.2 Å². The number of thiazole rings is 1. The summed E-state index contributed by atoms with van der Waals surface area (Å²) in [5, 5.41) is 0.697. The van der Waals surface area contributed by atoms with Gasteiger partial charge in [-0.3, -0.25) is 4.79 Å². The Balaban J connectivity index is 2.08. The van der Waals surface area contributed by atoms with Crippen molar-refractivity contribution in [1.29, 1.82) is 0 Å². The number of hydrogen-bond acceptors (Lipinski definition) is 6. The van der Waals surface area contributed by atoms with Gasteiger partial charge in [-0.1, -0.05) is 23.5 Å². The maximum Gasteiger partial charge on any atom is 0.276 e. The number of anilines is 1. The summed E-state index contributed by atoms with van der Waals surface area (Å²) < 4.78 is 13.6. The molecule has 3 rings (SSSR count). The SMILES string of the molecule is CN(C)c1nc(C(=O)N2CCSC2(C)N)c(-c2cccc(F)c2)s1. The molecule has 0 aliphatic carbocycles. The predicted molar refractivity (Wildman–Crippen MR) is 97.9 cm³/mol. The minimum absolute atomic E-state index is 0.214. The van der Waals surface area contributed by atoms with Crippen LogP contribution in [0.3, 0.4) is 0 Å².